The molecule has 0 unspecified atom stereocenters. The zero-order valence-electron chi connectivity index (χ0n) is 5.28. The van der Waals surface area contributed by atoms with Gasteiger partial charge in [0.2, 0.25) is 0 Å². The van der Waals surface area contributed by atoms with E-state index >= 15 is 0 Å². The van der Waals surface area contributed by atoms with Crippen LogP contribution in [-0.2, 0) is 9.78 Å². The molecule has 0 aromatic heterocycles. The smallest absolute Gasteiger partial charge is 0.134 e. The Kier molecular flexibility index (Phi) is 2.22. The number of hydrogen-bond donors (Lipinski definition) is 1. The Labute approximate surface area is 53.8 Å². The molecule has 1 N–H and O–H groups in total. The number of aliphatic hydroxyl groups excluding tert-OH is 1. The van der Waals surface area contributed by atoms with Crippen LogP contribution in [-0.4, -0.2) is 23.9 Å². The topological polar surface area (TPSA) is 38.7 Å². The summed E-state index contributed by atoms with van der Waals surface area (Å²) in [6.07, 6.45) is 3.37. The average Bonchev–Trinajstić information content (AvgIpc) is 1.90. The van der Waals surface area contributed by atoms with Crippen LogP contribution in [0.25, 0.3) is 0 Å². The van der Waals surface area contributed by atoms with Gasteiger partial charge in [-0.2, -0.15) is 0 Å². The van der Waals surface area contributed by atoms with E-state index in [0.717, 1.165) is 0 Å². The van der Waals surface area contributed by atoms with Crippen molar-refractivity contribution in [1.29, 1.82) is 0 Å². The van der Waals surface area contributed by atoms with E-state index in [9.17, 15) is 0 Å². The summed E-state index contributed by atoms with van der Waals surface area (Å²) >= 11 is 0. The maximum absolute atomic E-state index is 8.52. The van der Waals surface area contributed by atoms with Crippen LogP contribution >= 0.6 is 0 Å². The summed E-state index contributed by atoms with van der Waals surface area (Å²) in [5.74, 6) is 0. The molecule has 1 rings (SSSR count). The molecule has 1 heterocycles. The summed E-state index contributed by atoms with van der Waals surface area (Å²) in [6, 6.07) is 0. The van der Waals surface area contributed by atoms with Crippen molar-refractivity contribution in [2.45, 2.75) is 19.1 Å². The Morgan fingerprint density at radius 2 is 2.22 bits per heavy atom. The van der Waals surface area contributed by atoms with Crippen molar-refractivity contribution >= 4 is 0 Å². The fourth-order valence-electron chi connectivity index (χ4n) is 0.595. The molecule has 0 radical (unpaired) electrons. The SMILES string of the molecule is C[C@@H]1C=C[C@H](CO)OO1. The molecule has 0 saturated carbocycles. The molecular formula is C6H10O3. The van der Waals surface area contributed by atoms with E-state index in [1.807, 2.05) is 13.0 Å². The molecule has 0 spiro atoms. The van der Waals surface area contributed by atoms with Crippen molar-refractivity contribution in [2.75, 3.05) is 6.61 Å². The van der Waals surface area contributed by atoms with E-state index in [4.69, 9.17) is 14.9 Å². The first-order valence-corrected chi connectivity index (χ1v) is 2.94. The molecule has 9 heavy (non-hydrogen) atoms. The Bertz CT molecular complexity index is 111. The van der Waals surface area contributed by atoms with Crippen molar-refractivity contribution in [3.63, 3.8) is 0 Å². The largest absolute Gasteiger partial charge is 0.393 e. The Morgan fingerprint density at radius 3 is 2.67 bits per heavy atom. The number of rotatable bonds is 1. The van der Waals surface area contributed by atoms with Gasteiger partial charge in [0.25, 0.3) is 0 Å². The van der Waals surface area contributed by atoms with E-state index in [1.165, 1.54) is 0 Å². The Balaban J connectivity index is 2.38. The van der Waals surface area contributed by atoms with Gasteiger partial charge in [0, 0.05) is 0 Å². The van der Waals surface area contributed by atoms with Crippen molar-refractivity contribution in [3.8, 4) is 0 Å². The summed E-state index contributed by atoms with van der Waals surface area (Å²) in [5.41, 5.74) is 0. The van der Waals surface area contributed by atoms with Crippen LogP contribution in [0.3, 0.4) is 0 Å². The Hall–Kier alpha value is -0.380. The molecule has 1 aliphatic heterocycles. The second-order valence-corrected chi connectivity index (χ2v) is 2.00. The normalized spacial score (nSPS) is 34.9. The average molecular weight is 130 g/mol. The molecule has 52 valence electrons. The molecule has 2 atom stereocenters. The summed E-state index contributed by atoms with van der Waals surface area (Å²) in [5, 5.41) is 8.52. The quantitative estimate of drug-likeness (QED) is 0.408. The van der Waals surface area contributed by atoms with Crippen molar-refractivity contribution in [2.24, 2.45) is 0 Å². The van der Waals surface area contributed by atoms with E-state index in [2.05, 4.69) is 0 Å². The Morgan fingerprint density at radius 1 is 1.44 bits per heavy atom. The zero-order chi connectivity index (χ0) is 6.69. The first-order chi connectivity index (χ1) is 4.33. The fourth-order valence-corrected chi connectivity index (χ4v) is 0.595. The first kappa shape index (κ1) is 6.74. The van der Waals surface area contributed by atoms with E-state index in [0.29, 0.717) is 0 Å². The van der Waals surface area contributed by atoms with E-state index in [-0.39, 0.29) is 18.8 Å². The van der Waals surface area contributed by atoms with Crippen LogP contribution in [0.4, 0.5) is 0 Å². The minimum absolute atomic E-state index is 0.00722. The lowest BCUT2D eigenvalue weighted by molar-refractivity contribution is -0.339. The second-order valence-electron chi connectivity index (χ2n) is 2.00. The molecule has 0 aromatic carbocycles. The van der Waals surface area contributed by atoms with Crippen LogP contribution in [0, 0.1) is 0 Å². The predicted molar refractivity (Wildman–Crippen MR) is 31.6 cm³/mol. The van der Waals surface area contributed by atoms with Crippen LogP contribution in [0.5, 0.6) is 0 Å². The van der Waals surface area contributed by atoms with Gasteiger partial charge in [-0.15, -0.1) is 0 Å². The zero-order valence-corrected chi connectivity index (χ0v) is 5.28. The van der Waals surface area contributed by atoms with Crippen LogP contribution in [0.2, 0.25) is 0 Å². The highest BCUT2D eigenvalue weighted by Crippen LogP contribution is 2.06. The van der Waals surface area contributed by atoms with Gasteiger partial charge in [-0.05, 0) is 6.92 Å². The third-order valence-electron chi connectivity index (χ3n) is 1.11. The monoisotopic (exact) mass is 130 g/mol. The van der Waals surface area contributed by atoms with Crippen molar-refractivity contribution in [3.05, 3.63) is 12.2 Å². The molecule has 0 fully saturated rings. The minimum atomic E-state index is -0.277. The van der Waals surface area contributed by atoms with Gasteiger partial charge in [-0.1, -0.05) is 12.2 Å². The van der Waals surface area contributed by atoms with E-state index in [1.54, 1.807) is 6.08 Å². The molecule has 0 bridgehead atoms. The van der Waals surface area contributed by atoms with Gasteiger partial charge >= 0.3 is 0 Å². The van der Waals surface area contributed by atoms with Gasteiger partial charge in [-0.3, -0.25) is 0 Å². The highest BCUT2D eigenvalue weighted by Gasteiger charge is 2.11. The molecule has 1 aliphatic rings. The third kappa shape index (κ3) is 1.78. The van der Waals surface area contributed by atoms with Crippen LogP contribution in [0.15, 0.2) is 12.2 Å². The van der Waals surface area contributed by atoms with Crippen molar-refractivity contribution in [1.82, 2.24) is 0 Å². The maximum atomic E-state index is 8.52. The molecule has 0 amide bonds. The molecule has 0 aliphatic carbocycles. The van der Waals surface area contributed by atoms with Gasteiger partial charge in [-0.25, -0.2) is 9.78 Å². The van der Waals surface area contributed by atoms with Gasteiger partial charge in [0.15, 0.2) is 0 Å². The summed E-state index contributed by atoms with van der Waals surface area (Å²) in [6.45, 7) is 1.84. The van der Waals surface area contributed by atoms with Gasteiger partial charge in [0.1, 0.15) is 12.2 Å². The van der Waals surface area contributed by atoms with Crippen LogP contribution in [0.1, 0.15) is 6.92 Å². The van der Waals surface area contributed by atoms with Gasteiger partial charge in [0.05, 0.1) is 6.61 Å². The lowest BCUT2D eigenvalue weighted by Crippen LogP contribution is -2.23. The molecule has 3 nitrogen and oxygen atoms in total. The fraction of sp³-hybridized carbons (Fsp3) is 0.667. The first-order valence-electron chi connectivity index (χ1n) is 2.94. The number of aliphatic hydroxyl groups is 1. The predicted octanol–water partition coefficient (Wildman–Crippen LogP) is 0.254. The van der Waals surface area contributed by atoms with Gasteiger partial charge < -0.3 is 5.11 Å². The second kappa shape index (κ2) is 2.96. The third-order valence-corrected chi connectivity index (χ3v) is 1.11. The molecule has 0 saturated heterocycles. The lowest BCUT2D eigenvalue weighted by Gasteiger charge is -2.17. The van der Waals surface area contributed by atoms with E-state index < -0.39 is 0 Å². The van der Waals surface area contributed by atoms with Crippen LogP contribution < -0.4 is 0 Å². The minimum Gasteiger partial charge on any atom is -0.393 e. The highest BCUT2D eigenvalue weighted by atomic mass is 17.2. The molecule has 0 aromatic rings. The molecular weight excluding hydrogens is 120 g/mol. The number of hydrogen-bond acceptors (Lipinski definition) is 3. The van der Waals surface area contributed by atoms with Crippen molar-refractivity contribution < 1.29 is 14.9 Å². The highest BCUT2D eigenvalue weighted by molar-refractivity contribution is 4.94. The molecule has 3 heteroatoms. The summed E-state index contributed by atoms with van der Waals surface area (Å²) in [4.78, 5) is 9.44. The lowest BCUT2D eigenvalue weighted by atomic mass is 10.3. The summed E-state index contributed by atoms with van der Waals surface area (Å²) < 4.78 is 0. The standard InChI is InChI=1S/C6H10O3/c1-5-2-3-6(4-7)9-8-5/h2-3,5-7H,4H2,1H3/t5-,6-/m1/s1. The maximum Gasteiger partial charge on any atom is 0.134 e. The summed E-state index contributed by atoms with van der Waals surface area (Å²) in [7, 11) is 0.